The maximum absolute atomic E-state index is 12.1. The zero-order valence-corrected chi connectivity index (χ0v) is 13.7. The first kappa shape index (κ1) is 17.3. The zero-order valence-electron chi connectivity index (χ0n) is 12.9. The summed E-state index contributed by atoms with van der Waals surface area (Å²) >= 11 is 1.53. The van der Waals surface area contributed by atoms with Gasteiger partial charge < -0.3 is 15.7 Å². The van der Waals surface area contributed by atoms with Crippen molar-refractivity contribution >= 4 is 29.5 Å². The summed E-state index contributed by atoms with van der Waals surface area (Å²) in [6.45, 7) is 0. The van der Waals surface area contributed by atoms with E-state index in [4.69, 9.17) is 0 Å². The van der Waals surface area contributed by atoms with Gasteiger partial charge in [0.1, 0.15) is 5.54 Å². The molecule has 1 aliphatic rings. The minimum atomic E-state index is -1.13. The van der Waals surface area contributed by atoms with E-state index in [1.54, 1.807) is 25.2 Å². The van der Waals surface area contributed by atoms with Gasteiger partial charge in [-0.3, -0.25) is 9.59 Å². The molecule has 0 bridgehead atoms. The Hall–Kier alpha value is -2.02. The molecule has 1 heterocycles. The molecule has 2 rings (SSSR count). The molecule has 23 heavy (non-hydrogen) atoms. The number of carboxylic acid groups (broad SMARTS) is 1. The lowest BCUT2D eigenvalue weighted by molar-refractivity contribution is -0.146. The molecular formula is C16H20N2O4S. The third kappa shape index (κ3) is 4.25. The molecule has 1 atom stereocenters. The second kappa shape index (κ2) is 7.50. The van der Waals surface area contributed by atoms with E-state index in [0.717, 1.165) is 11.3 Å². The summed E-state index contributed by atoms with van der Waals surface area (Å²) in [6.07, 6.45) is 1.10. The standard InChI is InChI=1S/C16H20N2O4S/c1-17-14(20)12-4-2-3-11(9-12)5-6-13(19)18-16(15(21)22)7-8-23-10-16/h2-4,9H,5-8,10H2,1H3,(H,17,20)(H,18,19)(H,21,22). The zero-order chi connectivity index (χ0) is 16.9. The molecule has 124 valence electrons. The van der Waals surface area contributed by atoms with Crippen molar-refractivity contribution < 1.29 is 19.5 Å². The van der Waals surface area contributed by atoms with Crippen molar-refractivity contribution in [2.24, 2.45) is 0 Å². The van der Waals surface area contributed by atoms with Crippen molar-refractivity contribution in [3.63, 3.8) is 0 Å². The van der Waals surface area contributed by atoms with E-state index in [9.17, 15) is 19.5 Å². The lowest BCUT2D eigenvalue weighted by atomic mass is 9.98. The van der Waals surface area contributed by atoms with Gasteiger partial charge in [-0.15, -0.1) is 0 Å². The van der Waals surface area contributed by atoms with Gasteiger partial charge in [0.05, 0.1) is 0 Å². The summed E-state index contributed by atoms with van der Waals surface area (Å²) in [6, 6.07) is 7.06. The fourth-order valence-electron chi connectivity index (χ4n) is 2.49. The largest absolute Gasteiger partial charge is 0.479 e. The summed E-state index contributed by atoms with van der Waals surface area (Å²) in [4.78, 5) is 35.1. The van der Waals surface area contributed by atoms with E-state index in [-0.39, 0.29) is 18.2 Å². The number of benzene rings is 1. The summed E-state index contributed by atoms with van der Waals surface area (Å²) in [7, 11) is 1.56. The lowest BCUT2D eigenvalue weighted by Crippen LogP contribution is -2.54. The van der Waals surface area contributed by atoms with Gasteiger partial charge in [0.15, 0.2) is 0 Å². The van der Waals surface area contributed by atoms with Gasteiger partial charge in [0.2, 0.25) is 5.91 Å². The molecule has 6 nitrogen and oxygen atoms in total. The first-order valence-electron chi connectivity index (χ1n) is 7.40. The van der Waals surface area contributed by atoms with Crippen LogP contribution in [0.15, 0.2) is 24.3 Å². The average molecular weight is 336 g/mol. The number of carbonyl (C=O) groups excluding carboxylic acids is 2. The SMILES string of the molecule is CNC(=O)c1cccc(CCC(=O)NC2(C(=O)O)CCSC2)c1. The third-order valence-electron chi connectivity index (χ3n) is 3.87. The maximum Gasteiger partial charge on any atom is 0.330 e. The number of aryl methyl sites for hydroxylation is 1. The number of rotatable bonds is 6. The van der Waals surface area contributed by atoms with Gasteiger partial charge in [-0.2, -0.15) is 11.8 Å². The fourth-order valence-corrected chi connectivity index (χ4v) is 3.81. The van der Waals surface area contributed by atoms with Crippen LogP contribution in [0.3, 0.4) is 0 Å². The van der Waals surface area contributed by atoms with Crippen molar-refractivity contribution in [1.82, 2.24) is 10.6 Å². The van der Waals surface area contributed by atoms with Crippen LogP contribution in [0, 0.1) is 0 Å². The van der Waals surface area contributed by atoms with Gasteiger partial charge in [-0.05, 0) is 36.3 Å². The molecule has 0 spiro atoms. The van der Waals surface area contributed by atoms with Crippen molar-refractivity contribution in [2.75, 3.05) is 18.6 Å². The molecule has 1 unspecified atom stereocenters. The Morgan fingerprint density at radius 3 is 2.74 bits per heavy atom. The molecule has 0 saturated carbocycles. The summed E-state index contributed by atoms with van der Waals surface area (Å²) in [5, 5.41) is 14.6. The summed E-state index contributed by atoms with van der Waals surface area (Å²) in [5.74, 6) is -0.289. The molecule has 7 heteroatoms. The molecule has 0 aliphatic carbocycles. The first-order chi connectivity index (χ1) is 11.0. The molecule has 1 aromatic rings. The molecule has 1 aromatic carbocycles. The number of amides is 2. The number of aliphatic carboxylic acids is 1. The fraction of sp³-hybridized carbons (Fsp3) is 0.438. The van der Waals surface area contributed by atoms with Crippen molar-refractivity contribution in [2.45, 2.75) is 24.8 Å². The van der Waals surface area contributed by atoms with E-state index in [1.807, 2.05) is 6.07 Å². The monoisotopic (exact) mass is 336 g/mol. The Kier molecular flexibility index (Phi) is 5.65. The van der Waals surface area contributed by atoms with Crippen LogP contribution >= 0.6 is 11.8 Å². The van der Waals surface area contributed by atoms with E-state index >= 15 is 0 Å². The van der Waals surface area contributed by atoms with Gasteiger partial charge in [0, 0.05) is 24.8 Å². The second-order valence-corrected chi connectivity index (χ2v) is 6.62. The Morgan fingerprint density at radius 1 is 1.35 bits per heavy atom. The first-order valence-corrected chi connectivity index (χ1v) is 8.55. The minimum Gasteiger partial charge on any atom is -0.479 e. The number of thioether (sulfide) groups is 1. The van der Waals surface area contributed by atoms with E-state index < -0.39 is 11.5 Å². The van der Waals surface area contributed by atoms with Gasteiger partial charge in [-0.25, -0.2) is 4.79 Å². The number of hydrogen-bond acceptors (Lipinski definition) is 4. The normalized spacial score (nSPS) is 20.0. The molecule has 0 radical (unpaired) electrons. The van der Waals surface area contributed by atoms with Crippen LogP contribution in [0.2, 0.25) is 0 Å². The topological polar surface area (TPSA) is 95.5 Å². The second-order valence-electron chi connectivity index (χ2n) is 5.52. The van der Waals surface area contributed by atoms with Crippen molar-refractivity contribution in [3.8, 4) is 0 Å². The Balaban J connectivity index is 1.94. The summed E-state index contributed by atoms with van der Waals surface area (Å²) in [5.41, 5.74) is 0.275. The van der Waals surface area contributed by atoms with Crippen LogP contribution in [0.5, 0.6) is 0 Å². The van der Waals surface area contributed by atoms with Gasteiger partial charge in [-0.1, -0.05) is 12.1 Å². The predicted octanol–water partition coefficient (Wildman–Crippen LogP) is 1.06. The van der Waals surface area contributed by atoms with Crippen LogP contribution in [-0.2, 0) is 16.0 Å². The molecule has 1 aliphatic heterocycles. The molecular weight excluding hydrogens is 316 g/mol. The Morgan fingerprint density at radius 2 is 2.13 bits per heavy atom. The minimum absolute atomic E-state index is 0.177. The molecule has 1 fully saturated rings. The van der Waals surface area contributed by atoms with E-state index in [0.29, 0.717) is 24.2 Å². The highest BCUT2D eigenvalue weighted by molar-refractivity contribution is 7.99. The van der Waals surface area contributed by atoms with E-state index in [2.05, 4.69) is 10.6 Å². The van der Waals surface area contributed by atoms with Crippen LogP contribution < -0.4 is 10.6 Å². The molecule has 3 N–H and O–H groups in total. The number of carboxylic acids is 1. The highest BCUT2D eigenvalue weighted by atomic mass is 32.2. The highest BCUT2D eigenvalue weighted by Crippen LogP contribution is 2.28. The molecule has 2 amide bonds. The van der Waals surface area contributed by atoms with Gasteiger partial charge in [0.25, 0.3) is 5.91 Å². The molecule has 1 saturated heterocycles. The van der Waals surface area contributed by atoms with Crippen molar-refractivity contribution in [1.29, 1.82) is 0 Å². The number of nitrogens with one attached hydrogen (secondary N) is 2. The predicted molar refractivity (Wildman–Crippen MR) is 88.6 cm³/mol. The quantitative estimate of drug-likeness (QED) is 0.722. The Labute approximate surface area is 139 Å². The summed E-state index contributed by atoms with van der Waals surface area (Å²) < 4.78 is 0. The number of carbonyl (C=O) groups is 3. The highest BCUT2D eigenvalue weighted by Gasteiger charge is 2.43. The van der Waals surface area contributed by atoms with Crippen LogP contribution in [0.25, 0.3) is 0 Å². The smallest absolute Gasteiger partial charge is 0.330 e. The van der Waals surface area contributed by atoms with E-state index in [1.165, 1.54) is 11.8 Å². The van der Waals surface area contributed by atoms with Gasteiger partial charge >= 0.3 is 5.97 Å². The van der Waals surface area contributed by atoms with Crippen molar-refractivity contribution in [3.05, 3.63) is 35.4 Å². The maximum atomic E-state index is 12.1. The van der Waals surface area contributed by atoms with Crippen LogP contribution in [-0.4, -0.2) is 47.0 Å². The van der Waals surface area contributed by atoms with Crippen LogP contribution in [0.4, 0.5) is 0 Å². The third-order valence-corrected chi connectivity index (χ3v) is 5.06. The lowest BCUT2D eigenvalue weighted by Gasteiger charge is -2.24. The molecule has 0 aromatic heterocycles. The average Bonchev–Trinajstić information content (AvgIpc) is 3.02. The number of hydrogen-bond donors (Lipinski definition) is 3. The Bertz CT molecular complexity index is 612. The van der Waals surface area contributed by atoms with Crippen LogP contribution in [0.1, 0.15) is 28.8 Å².